The topological polar surface area (TPSA) is 39.7 Å². The molecule has 1 N–H and O–H groups in total. The van der Waals surface area contributed by atoms with Gasteiger partial charge in [-0.2, -0.15) is 0 Å². The minimum Gasteiger partial charge on any atom is -0.497 e. The molecule has 0 heterocycles. The molecule has 0 fully saturated rings. The summed E-state index contributed by atoms with van der Waals surface area (Å²) in [5.41, 5.74) is 0.919. The Balaban J connectivity index is 2.93. The Morgan fingerprint density at radius 3 is 2.40 bits per heavy atom. The van der Waals surface area contributed by atoms with Gasteiger partial charge < -0.3 is 19.5 Å². The number of hydrogen-bond donors (Lipinski definition) is 1. The van der Waals surface area contributed by atoms with Crippen LogP contribution in [0.2, 0.25) is 0 Å². The average molecular weight is 281 g/mol. The summed E-state index contributed by atoms with van der Waals surface area (Å²) in [6, 6.07) is 5.86. The summed E-state index contributed by atoms with van der Waals surface area (Å²) in [6.45, 7) is 6.91. The van der Waals surface area contributed by atoms with Crippen LogP contribution in [-0.2, 0) is 4.74 Å². The third kappa shape index (κ3) is 4.39. The Morgan fingerprint density at radius 2 is 1.90 bits per heavy atom. The molecule has 0 aromatic heterocycles. The summed E-state index contributed by atoms with van der Waals surface area (Å²) in [6.07, 6.45) is 0.971. The maximum atomic E-state index is 6.00. The number of methoxy groups -OCH3 is 2. The van der Waals surface area contributed by atoms with Crippen LogP contribution in [0.15, 0.2) is 18.2 Å². The second-order valence-electron chi connectivity index (χ2n) is 5.37. The Labute approximate surface area is 122 Å². The fourth-order valence-electron chi connectivity index (χ4n) is 1.85. The highest BCUT2D eigenvalue weighted by Gasteiger charge is 2.21. The van der Waals surface area contributed by atoms with Crippen molar-refractivity contribution in [1.29, 1.82) is 0 Å². The van der Waals surface area contributed by atoms with E-state index in [0.717, 1.165) is 23.5 Å². The highest BCUT2D eigenvalue weighted by atomic mass is 16.5. The fraction of sp³-hybridized carbons (Fsp3) is 0.625. The molecule has 0 saturated heterocycles. The van der Waals surface area contributed by atoms with E-state index in [-0.39, 0.29) is 11.6 Å². The fourth-order valence-corrected chi connectivity index (χ4v) is 1.85. The predicted molar refractivity (Wildman–Crippen MR) is 81.7 cm³/mol. The molecule has 0 aliphatic carbocycles. The summed E-state index contributed by atoms with van der Waals surface area (Å²) in [5, 5.41) is 3.28. The number of nitrogens with one attached hydrogen (secondary N) is 1. The zero-order chi connectivity index (χ0) is 15.2. The lowest BCUT2D eigenvalue weighted by Crippen LogP contribution is -2.30. The smallest absolute Gasteiger partial charge is 0.123 e. The van der Waals surface area contributed by atoms with Gasteiger partial charge in [0.15, 0.2) is 0 Å². The van der Waals surface area contributed by atoms with E-state index in [1.165, 1.54) is 0 Å². The summed E-state index contributed by atoms with van der Waals surface area (Å²) in [4.78, 5) is 0. The largest absolute Gasteiger partial charge is 0.497 e. The first-order valence-corrected chi connectivity index (χ1v) is 7.00. The van der Waals surface area contributed by atoms with Crippen molar-refractivity contribution in [3.05, 3.63) is 23.8 Å². The van der Waals surface area contributed by atoms with Gasteiger partial charge >= 0.3 is 0 Å². The molecule has 1 aromatic rings. The van der Waals surface area contributed by atoms with E-state index in [9.17, 15) is 0 Å². The van der Waals surface area contributed by atoms with E-state index in [4.69, 9.17) is 14.2 Å². The molecule has 0 spiro atoms. The maximum Gasteiger partial charge on any atom is 0.123 e. The molecule has 1 unspecified atom stereocenters. The lowest BCUT2D eigenvalue weighted by molar-refractivity contribution is -0.0302. The molecule has 1 atom stereocenters. The van der Waals surface area contributed by atoms with Crippen LogP contribution in [-0.4, -0.2) is 33.5 Å². The summed E-state index contributed by atoms with van der Waals surface area (Å²) in [5.74, 6) is 1.65. The van der Waals surface area contributed by atoms with Gasteiger partial charge in [-0.3, -0.25) is 0 Å². The van der Waals surface area contributed by atoms with Gasteiger partial charge in [-0.05, 0) is 45.5 Å². The maximum absolute atomic E-state index is 6.00. The standard InChI is InChI=1S/C16H27NO3/c1-7-16(2,3)20-11-14(17-4)13-10-12(18-5)8-9-15(13)19-6/h8-10,14,17H,7,11H2,1-6H3. The van der Waals surface area contributed by atoms with E-state index in [1.807, 2.05) is 25.2 Å². The normalized spacial score (nSPS) is 13.1. The zero-order valence-electron chi connectivity index (χ0n) is 13.4. The van der Waals surface area contributed by atoms with Gasteiger partial charge in [-0.1, -0.05) is 6.92 Å². The Hall–Kier alpha value is -1.26. The highest BCUT2D eigenvalue weighted by Crippen LogP contribution is 2.30. The Bertz CT molecular complexity index is 418. The second kappa shape index (κ2) is 7.50. The number of ether oxygens (including phenoxy) is 3. The van der Waals surface area contributed by atoms with Crippen molar-refractivity contribution in [3.63, 3.8) is 0 Å². The lowest BCUT2D eigenvalue weighted by Gasteiger charge is -2.28. The molecule has 20 heavy (non-hydrogen) atoms. The number of benzene rings is 1. The molecule has 4 heteroatoms. The predicted octanol–water partition coefficient (Wildman–Crippen LogP) is 3.17. The average Bonchev–Trinajstić information content (AvgIpc) is 2.47. The first kappa shape index (κ1) is 16.8. The molecule has 1 rings (SSSR count). The lowest BCUT2D eigenvalue weighted by atomic mass is 10.0. The van der Waals surface area contributed by atoms with Gasteiger partial charge in [0, 0.05) is 5.56 Å². The van der Waals surface area contributed by atoms with Gasteiger partial charge in [-0.15, -0.1) is 0 Å². The molecule has 0 aliphatic heterocycles. The Morgan fingerprint density at radius 1 is 1.20 bits per heavy atom. The minimum absolute atomic E-state index is 0.0610. The van der Waals surface area contributed by atoms with E-state index < -0.39 is 0 Å². The van der Waals surface area contributed by atoms with Crippen molar-refractivity contribution in [2.45, 2.75) is 38.8 Å². The van der Waals surface area contributed by atoms with Crippen molar-refractivity contribution in [1.82, 2.24) is 5.32 Å². The molecule has 0 saturated carbocycles. The van der Waals surface area contributed by atoms with E-state index in [0.29, 0.717) is 6.61 Å². The molecule has 114 valence electrons. The van der Waals surface area contributed by atoms with Gasteiger partial charge in [-0.25, -0.2) is 0 Å². The van der Waals surface area contributed by atoms with Gasteiger partial charge in [0.2, 0.25) is 0 Å². The highest BCUT2D eigenvalue weighted by molar-refractivity contribution is 5.42. The van der Waals surface area contributed by atoms with Crippen LogP contribution < -0.4 is 14.8 Å². The number of likely N-dealkylation sites (N-methyl/N-ethyl adjacent to an activating group) is 1. The number of rotatable bonds is 8. The molecule has 0 radical (unpaired) electrons. The SMILES string of the molecule is CCC(C)(C)OCC(NC)c1cc(OC)ccc1OC. The Kier molecular flexibility index (Phi) is 6.30. The molecule has 1 aromatic carbocycles. The molecular weight excluding hydrogens is 254 g/mol. The van der Waals surface area contributed by atoms with E-state index >= 15 is 0 Å². The molecule has 0 amide bonds. The van der Waals surface area contributed by atoms with Crippen LogP contribution in [0.25, 0.3) is 0 Å². The van der Waals surface area contributed by atoms with Crippen LogP contribution in [0.1, 0.15) is 38.8 Å². The van der Waals surface area contributed by atoms with Gasteiger partial charge in [0.05, 0.1) is 32.5 Å². The van der Waals surface area contributed by atoms with Crippen molar-refractivity contribution in [2.75, 3.05) is 27.9 Å². The van der Waals surface area contributed by atoms with E-state index in [1.54, 1.807) is 14.2 Å². The molecule has 0 bridgehead atoms. The molecular formula is C16H27NO3. The molecule has 4 nitrogen and oxygen atoms in total. The van der Waals surface area contributed by atoms with Crippen molar-refractivity contribution >= 4 is 0 Å². The third-order valence-electron chi connectivity index (χ3n) is 3.65. The van der Waals surface area contributed by atoms with Crippen molar-refractivity contribution in [3.8, 4) is 11.5 Å². The van der Waals surface area contributed by atoms with Crippen LogP contribution in [0.5, 0.6) is 11.5 Å². The van der Waals surface area contributed by atoms with Crippen LogP contribution in [0.3, 0.4) is 0 Å². The monoisotopic (exact) mass is 281 g/mol. The van der Waals surface area contributed by atoms with E-state index in [2.05, 4.69) is 26.1 Å². The first-order valence-electron chi connectivity index (χ1n) is 7.00. The van der Waals surface area contributed by atoms with Crippen molar-refractivity contribution in [2.24, 2.45) is 0 Å². The summed E-state index contributed by atoms with van der Waals surface area (Å²) >= 11 is 0. The summed E-state index contributed by atoms with van der Waals surface area (Å²) in [7, 11) is 5.26. The zero-order valence-corrected chi connectivity index (χ0v) is 13.4. The number of hydrogen-bond acceptors (Lipinski definition) is 4. The quantitative estimate of drug-likeness (QED) is 0.794. The summed E-state index contributed by atoms with van der Waals surface area (Å²) < 4.78 is 16.7. The van der Waals surface area contributed by atoms with Gasteiger partial charge in [0.25, 0.3) is 0 Å². The first-order chi connectivity index (χ1) is 9.47. The van der Waals surface area contributed by atoms with Crippen LogP contribution in [0, 0.1) is 0 Å². The second-order valence-corrected chi connectivity index (χ2v) is 5.37. The van der Waals surface area contributed by atoms with Crippen LogP contribution >= 0.6 is 0 Å². The van der Waals surface area contributed by atoms with Gasteiger partial charge in [0.1, 0.15) is 11.5 Å². The van der Waals surface area contributed by atoms with Crippen LogP contribution in [0.4, 0.5) is 0 Å². The third-order valence-corrected chi connectivity index (χ3v) is 3.65. The minimum atomic E-state index is -0.124. The van der Waals surface area contributed by atoms with Crippen molar-refractivity contribution < 1.29 is 14.2 Å². The molecule has 0 aliphatic rings.